The summed E-state index contributed by atoms with van der Waals surface area (Å²) in [6, 6.07) is 26.9. The van der Waals surface area contributed by atoms with E-state index in [1.54, 1.807) is 0 Å². The molecule has 2 aliphatic heterocycles. The number of nitrogens with one attached hydrogen (secondary N) is 1. The van der Waals surface area contributed by atoms with Crippen LogP contribution >= 0.6 is 0 Å². The summed E-state index contributed by atoms with van der Waals surface area (Å²) < 4.78 is 5.50. The molecule has 0 aliphatic carbocycles. The minimum Gasteiger partial charge on any atom is -0.494 e. The number of nitrogens with zero attached hydrogens (tertiary/aromatic N) is 3. The van der Waals surface area contributed by atoms with Gasteiger partial charge in [-0.3, -0.25) is 0 Å². The first-order valence-electron chi connectivity index (χ1n) is 10.3. The lowest BCUT2D eigenvalue weighted by atomic mass is 10.0. The molecule has 2 aliphatic rings. The molecule has 2 heterocycles. The number of ether oxygens (including phenoxy) is 1. The number of hydrogen-bond donors (Lipinski definition) is 1. The molecule has 1 fully saturated rings. The molecule has 0 atom stereocenters. The van der Waals surface area contributed by atoms with E-state index in [1.165, 1.54) is 5.01 Å². The summed E-state index contributed by atoms with van der Waals surface area (Å²) >= 11 is 0. The highest BCUT2D eigenvalue weighted by atomic mass is 16.7. The van der Waals surface area contributed by atoms with Crippen LogP contribution in [0.4, 0.5) is 5.69 Å². The second-order valence-corrected chi connectivity index (χ2v) is 7.07. The molecule has 3 aromatic carbocycles. The van der Waals surface area contributed by atoms with E-state index in [9.17, 15) is 4.79 Å². The first-order valence-corrected chi connectivity index (χ1v) is 10.3. The Hall–Kier alpha value is -4.23. The lowest BCUT2D eigenvalue weighted by Gasteiger charge is -2.16. The summed E-state index contributed by atoms with van der Waals surface area (Å²) in [6.45, 7) is 2.50. The van der Waals surface area contributed by atoms with E-state index in [2.05, 4.69) is 5.59 Å². The fraction of sp³-hybridized carbons (Fsp3) is 0.0800. The van der Waals surface area contributed by atoms with Crippen LogP contribution in [0.1, 0.15) is 18.1 Å². The topological polar surface area (TPSA) is 75.5 Å². The Morgan fingerprint density at radius 2 is 1.41 bits per heavy atom. The van der Waals surface area contributed by atoms with E-state index < -0.39 is 5.97 Å². The molecule has 0 spiro atoms. The number of carbonyl (C=O) groups is 1. The average Bonchev–Trinajstić information content (AvgIpc) is 3.45. The van der Waals surface area contributed by atoms with Gasteiger partial charge < -0.3 is 9.57 Å². The monoisotopic (exact) mass is 424 g/mol. The van der Waals surface area contributed by atoms with E-state index in [-0.39, 0.29) is 11.5 Å². The molecule has 0 radical (unpaired) electrons. The Kier molecular flexibility index (Phi) is 5.23. The van der Waals surface area contributed by atoms with Gasteiger partial charge in [0, 0.05) is 11.1 Å². The molecule has 0 unspecified atom stereocenters. The lowest BCUT2D eigenvalue weighted by Crippen LogP contribution is -2.29. The maximum Gasteiger partial charge on any atom is 0.380 e. The van der Waals surface area contributed by atoms with Crippen molar-refractivity contribution in [2.75, 3.05) is 11.6 Å². The van der Waals surface area contributed by atoms with Gasteiger partial charge in [0.25, 0.3) is 0 Å². The fourth-order valence-corrected chi connectivity index (χ4v) is 3.55. The summed E-state index contributed by atoms with van der Waals surface area (Å²) in [7, 11) is 0. The average molecular weight is 424 g/mol. The molecule has 7 nitrogen and oxygen atoms in total. The molecule has 1 N–H and O–H groups in total. The second-order valence-electron chi connectivity index (χ2n) is 7.07. The van der Waals surface area contributed by atoms with Crippen molar-refractivity contribution in [3.8, 4) is 5.75 Å². The van der Waals surface area contributed by atoms with Crippen LogP contribution in [0.2, 0.25) is 0 Å². The number of benzene rings is 3. The summed E-state index contributed by atoms with van der Waals surface area (Å²) in [6.07, 6.45) is 0. The molecule has 0 aromatic heterocycles. The summed E-state index contributed by atoms with van der Waals surface area (Å²) in [5, 5.41) is 1.54. The van der Waals surface area contributed by atoms with Gasteiger partial charge in [0.1, 0.15) is 5.75 Å². The van der Waals surface area contributed by atoms with Crippen LogP contribution < -0.4 is 15.3 Å². The second kappa shape index (κ2) is 8.49. The van der Waals surface area contributed by atoms with Crippen molar-refractivity contribution in [3.63, 3.8) is 0 Å². The number of hydrazine groups is 1. The smallest absolute Gasteiger partial charge is 0.380 e. The first-order chi connectivity index (χ1) is 15.7. The minimum absolute atomic E-state index is 0.216. The number of carbonyl (C=O) groups excluding carboxylic acids is 1. The molecule has 0 amide bonds. The van der Waals surface area contributed by atoms with Crippen LogP contribution in [0.25, 0.3) is 0 Å². The highest BCUT2D eigenvalue weighted by Gasteiger charge is 2.35. The van der Waals surface area contributed by atoms with Gasteiger partial charge in [-0.15, -0.1) is 0 Å². The fourth-order valence-electron chi connectivity index (χ4n) is 3.55. The van der Waals surface area contributed by atoms with E-state index in [0.29, 0.717) is 23.7 Å². The van der Waals surface area contributed by atoms with Crippen molar-refractivity contribution in [1.29, 1.82) is 0 Å². The van der Waals surface area contributed by atoms with Crippen LogP contribution in [-0.2, 0) is 9.63 Å². The summed E-state index contributed by atoms with van der Waals surface area (Å²) in [5.74, 6) is 0.473. The Labute approximate surface area is 185 Å². The van der Waals surface area contributed by atoms with Gasteiger partial charge in [0.2, 0.25) is 0 Å². The lowest BCUT2D eigenvalue weighted by molar-refractivity contribution is -0.140. The number of rotatable bonds is 5. The molecular formula is C25H20N4O3. The maximum atomic E-state index is 12.7. The molecule has 32 heavy (non-hydrogen) atoms. The molecule has 5 rings (SSSR count). The third-order valence-electron chi connectivity index (χ3n) is 5.02. The van der Waals surface area contributed by atoms with Crippen molar-refractivity contribution in [3.05, 3.63) is 108 Å². The largest absolute Gasteiger partial charge is 0.494 e. The molecule has 0 saturated carbocycles. The Morgan fingerprint density at radius 1 is 0.844 bits per heavy atom. The van der Waals surface area contributed by atoms with Crippen LogP contribution in [-0.4, -0.2) is 24.0 Å². The zero-order valence-electron chi connectivity index (χ0n) is 17.4. The standard InChI is InChI=1S/C25H20N4O3/c1-2-31-20-15-13-19(14-16-20)29-23(25(30)32-28-29)24-26-21(17-9-5-3-6-10-17)22(27-24)18-11-7-4-8-12-18/h3-16,28H,2H2,1H3. The number of anilines is 1. The van der Waals surface area contributed by atoms with E-state index in [0.717, 1.165) is 16.9 Å². The third-order valence-corrected chi connectivity index (χ3v) is 5.02. The molecular weight excluding hydrogens is 404 g/mol. The van der Waals surface area contributed by atoms with Crippen molar-refractivity contribution >= 4 is 23.1 Å². The van der Waals surface area contributed by atoms with E-state index >= 15 is 0 Å². The van der Waals surface area contributed by atoms with Gasteiger partial charge in [-0.25, -0.2) is 19.8 Å². The molecule has 7 heteroatoms. The zero-order valence-corrected chi connectivity index (χ0v) is 17.4. The first kappa shape index (κ1) is 19.7. The quantitative estimate of drug-likeness (QED) is 0.626. The molecule has 3 aromatic rings. The molecule has 1 saturated heterocycles. The Bertz CT molecular complexity index is 1180. The predicted molar refractivity (Wildman–Crippen MR) is 122 cm³/mol. The predicted octanol–water partition coefficient (Wildman–Crippen LogP) is 4.03. The summed E-state index contributed by atoms with van der Waals surface area (Å²) in [4.78, 5) is 27.3. The molecule has 0 bridgehead atoms. The van der Waals surface area contributed by atoms with Crippen molar-refractivity contribution in [2.45, 2.75) is 6.92 Å². The SMILES string of the molecule is CCOc1ccc(N2NOC(=O)C2=C2N=C(c3ccccc3)C(c3ccccc3)=N2)cc1. The third kappa shape index (κ3) is 3.66. The van der Waals surface area contributed by atoms with Crippen molar-refractivity contribution < 1.29 is 14.4 Å². The van der Waals surface area contributed by atoms with Gasteiger partial charge in [-0.2, -0.15) is 0 Å². The summed E-state index contributed by atoms with van der Waals surface area (Å²) in [5.41, 5.74) is 6.80. The minimum atomic E-state index is -0.553. The highest BCUT2D eigenvalue weighted by molar-refractivity contribution is 6.55. The van der Waals surface area contributed by atoms with E-state index in [1.807, 2.05) is 91.9 Å². The number of hydrogen-bond acceptors (Lipinski definition) is 7. The van der Waals surface area contributed by atoms with Crippen molar-refractivity contribution in [1.82, 2.24) is 5.59 Å². The Morgan fingerprint density at radius 3 is 1.94 bits per heavy atom. The van der Waals surface area contributed by atoms with Crippen LogP contribution in [0.15, 0.2) is 106 Å². The van der Waals surface area contributed by atoms with Crippen molar-refractivity contribution in [2.24, 2.45) is 9.98 Å². The van der Waals surface area contributed by atoms with Gasteiger partial charge in [0.15, 0.2) is 11.5 Å². The van der Waals surface area contributed by atoms with Gasteiger partial charge in [0.05, 0.1) is 23.7 Å². The van der Waals surface area contributed by atoms with Crippen LogP contribution in [0.3, 0.4) is 0 Å². The number of aliphatic imine (C=N–C) groups is 2. The highest BCUT2D eigenvalue weighted by Crippen LogP contribution is 2.30. The Balaban J connectivity index is 1.61. The maximum absolute atomic E-state index is 12.7. The molecule has 158 valence electrons. The van der Waals surface area contributed by atoms with Crippen LogP contribution in [0, 0.1) is 0 Å². The van der Waals surface area contributed by atoms with Gasteiger partial charge in [-0.05, 0) is 31.2 Å². The normalized spacial score (nSPS) is 15.5. The van der Waals surface area contributed by atoms with E-state index in [4.69, 9.17) is 19.6 Å². The van der Waals surface area contributed by atoms with Crippen LogP contribution in [0.5, 0.6) is 5.75 Å². The zero-order chi connectivity index (χ0) is 21.9. The van der Waals surface area contributed by atoms with Gasteiger partial charge in [-0.1, -0.05) is 66.3 Å². The van der Waals surface area contributed by atoms with Gasteiger partial charge >= 0.3 is 5.97 Å².